The minimum absolute atomic E-state index is 0.151. The highest BCUT2D eigenvalue weighted by atomic mass is 35.5. The van der Waals surface area contributed by atoms with Crippen LogP contribution in [0.25, 0.3) is 33.8 Å². The van der Waals surface area contributed by atoms with E-state index in [1.54, 1.807) is 18.3 Å². The second-order valence-electron chi connectivity index (χ2n) is 7.17. The lowest BCUT2D eigenvalue weighted by molar-refractivity contribution is 0.102. The Morgan fingerprint density at radius 1 is 1.00 bits per heavy atom. The van der Waals surface area contributed by atoms with Gasteiger partial charge in [-0.1, -0.05) is 41.4 Å². The Kier molecular flexibility index (Phi) is 5.13. The summed E-state index contributed by atoms with van der Waals surface area (Å²) in [7, 11) is 0. The number of hydrogen-bond acceptors (Lipinski definition) is 5. The number of carbonyl (C=O) groups excluding carboxylic acids is 1. The molecule has 5 rings (SSSR count). The summed E-state index contributed by atoms with van der Waals surface area (Å²) in [6.07, 6.45) is 1.75. The number of rotatable bonds is 4. The number of anilines is 1. The average molecular weight is 464 g/mol. The molecule has 158 valence electrons. The number of pyridine rings is 1. The molecule has 0 aliphatic heterocycles. The SMILES string of the molecule is Cc1ccc2nc(-c3c[nH]nc3-c3ccc(NC(=O)c4cc(Cl)nc(Cl)c4)cc3)oc2c1. The molecule has 0 atom stereocenters. The van der Waals surface area contributed by atoms with E-state index in [0.29, 0.717) is 22.8 Å². The van der Waals surface area contributed by atoms with Crippen LogP contribution in [0.5, 0.6) is 0 Å². The Morgan fingerprint density at radius 3 is 2.50 bits per heavy atom. The second kappa shape index (κ2) is 8.11. The van der Waals surface area contributed by atoms with Gasteiger partial charge >= 0.3 is 0 Å². The molecule has 1 amide bonds. The third-order valence-corrected chi connectivity index (χ3v) is 5.24. The maximum absolute atomic E-state index is 12.5. The Morgan fingerprint density at radius 2 is 1.75 bits per heavy atom. The van der Waals surface area contributed by atoms with Crippen molar-refractivity contribution in [2.45, 2.75) is 6.92 Å². The summed E-state index contributed by atoms with van der Waals surface area (Å²) < 4.78 is 5.95. The number of H-pyrrole nitrogens is 1. The van der Waals surface area contributed by atoms with Gasteiger partial charge in [0, 0.05) is 23.0 Å². The summed E-state index contributed by atoms with van der Waals surface area (Å²) >= 11 is 11.8. The van der Waals surface area contributed by atoms with Gasteiger partial charge in [0.05, 0.1) is 5.56 Å². The molecule has 0 saturated carbocycles. The second-order valence-corrected chi connectivity index (χ2v) is 7.94. The summed E-state index contributed by atoms with van der Waals surface area (Å²) in [5, 5.41) is 10.4. The average Bonchev–Trinajstić information content (AvgIpc) is 3.40. The number of fused-ring (bicyclic) bond motifs is 1. The van der Waals surface area contributed by atoms with Gasteiger partial charge in [-0.05, 0) is 48.9 Å². The Labute approximate surface area is 192 Å². The number of oxazole rings is 1. The van der Waals surface area contributed by atoms with Crippen molar-refractivity contribution in [3.8, 4) is 22.7 Å². The molecular formula is C23H15Cl2N5O2. The molecule has 3 aromatic heterocycles. The zero-order valence-electron chi connectivity index (χ0n) is 16.7. The van der Waals surface area contributed by atoms with Gasteiger partial charge in [0.25, 0.3) is 5.91 Å². The lowest BCUT2D eigenvalue weighted by atomic mass is 10.1. The summed E-state index contributed by atoms with van der Waals surface area (Å²) in [4.78, 5) is 20.9. The van der Waals surface area contributed by atoms with E-state index in [0.717, 1.165) is 27.8 Å². The van der Waals surface area contributed by atoms with Crippen molar-refractivity contribution in [1.82, 2.24) is 20.2 Å². The molecule has 9 heteroatoms. The number of benzene rings is 2. The molecule has 0 aliphatic carbocycles. The fourth-order valence-corrected chi connectivity index (χ4v) is 3.79. The number of nitrogens with one attached hydrogen (secondary N) is 2. The highest BCUT2D eigenvalue weighted by Crippen LogP contribution is 2.32. The van der Waals surface area contributed by atoms with Crippen LogP contribution in [0, 0.1) is 6.92 Å². The number of aryl methyl sites for hydroxylation is 1. The van der Waals surface area contributed by atoms with Gasteiger partial charge < -0.3 is 9.73 Å². The summed E-state index contributed by atoms with van der Waals surface area (Å²) in [5.41, 5.74) is 5.82. The van der Waals surface area contributed by atoms with E-state index in [1.165, 1.54) is 12.1 Å². The fraction of sp³-hybridized carbons (Fsp3) is 0.0435. The van der Waals surface area contributed by atoms with Crippen molar-refractivity contribution in [3.05, 3.63) is 82.2 Å². The number of amides is 1. The first kappa shape index (κ1) is 20.2. The van der Waals surface area contributed by atoms with Crippen molar-refractivity contribution < 1.29 is 9.21 Å². The van der Waals surface area contributed by atoms with E-state index in [4.69, 9.17) is 27.6 Å². The van der Waals surface area contributed by atoms with Crippen LogP contribution in [-0.2, 0) is 0 Å². The number of halogens is 2. The third-order valence-electron chi connectivity index (χ3n) is 4.86. The van der Waals surface area contributed by atoms with Crippen LogP contribution >= 0.6 is 23.2 Å². The normalized spacial score (nSPS) is 11.1. The molecule has 0 spiro atoms. The van der Waals surface area contributed by atoms with Gasteiger partial charge in [0.15, 0.2) is 5.58 Å². The molecule has 0 aliphatic rings. The van der Waals surface area contributed by atoms with E-state index < -0.39 is 0 Å². The molecule has 0 unspecified atom stereocenters. The summed E-state index contributed by atoms with van der Waals surface area (Å²) in [5.74, 6) is 0.143. The zero-order valence-corrected chi connectivity index (χ0v) is 18.2. The van der Waals surface area contributed by atoms with Crippen molar-refractivity contribution >= 4 is 45.9 Å². The van der Waals surface area contributed by atoms with Gasteiger partial charge in [-0.25, -0.2) is 9.97 Å². The predicted octanol–water partition coefficient (Wildman–Crippen LogP) is 6.15. The Bertz CT molecular complexity index is 1440. The van der Waals surface area contributed by atoms with E-state index in [9.17, 15) is 4.79 Å². The zero-order chi connectivity index (χ0) is 22.2. The van der Waals surface area contributed by atoms with Crippen molar-refractivity contribution in [2.75, 3.05) is 5.32 Å². The summed E-state index contributed by atoms with van der Waals surface area (Å²) in [6, 6.07) is 16.1. The number of nitrogens with zero attached hydrogens (tertiary/aromatic N) is 3. The molecule has 2 N–H and O–H groups in total. The summed E-state index contributed by atoms with van der Waals surface area (Å²) in [6.45, 7) is 2.00. The first-order valence-electron chi connectivity index (χ1n) is 9.62. The van der Waals surface area contributed by atoms with E-state index in [1.807, 2.05) is 37.3 Å². The maximum atomic E-state index is 12.5. The number of aromatic nitrogens is 4. The first-order chi connectivity index (χ1) is 15.5. The van der Waals surface area contributed by atoms with Crippen LogP contribution in [0.4, 0.5) is 5.69 Å². The largest absolute Gasteiger partial charge is 0.436 e. The van der Waals surface area contributed by atoms with Crippen LogP contribution in [0.15, 0.2) is 65.2 Å². The van der Waals surface area contributed by atoms with Crippen LogP contribution in [0.3, 0.4) is 0 Å². The quantitative estimate of drug-likeness (QED) is 0.311. The molecule has 2 aromatic carbocycles. The third kappa shape index (κ3) is 3.95. The topological polar surface area (TPSA) is 96.7 Å². The molecular weight excluding hydrogens is 449 g/mol. The first-order valence-corrected chi connectivity index (χ1v) is 10.4. The Hall–Kier alpha value is -3.68. The van der Waals surface area contributed by atoms with Crippen molar-refractivity contribution in [1.29, 1.82) is 0 Å². The number of aromatic amines is 1. The van der Waals surface area contributed by atoms with E-state index in [2.05, 4.69) is 25.5 Å². The lowest BCUT2D eigenvalue weighted by Gasteiger charge is -2.07. The van der Waals surface area contributed by atoms with Crippen LogP contribution in [0.2, 0.25) is 10.3 Å². The Balaban J connectivity index is 1.40. The fourth-order valence-electron chi connectivity index (χ4n) is 3.33. The number of carbonyl (C=O) groups is 1. The van der Waals surface area contributed by atoms with Gasteiger partial charge in [-0.3, -0.25) is 9.89 Å². The van der Waals surface area contributed by atoms with Crippen LogP contribution in [0.1, 0.15) is 15.9 Å². The van der Waals surface area contributed by atoms with Crippen molar-refractivity contribution in [3.63, 3.8) is 0 Å². The minimum atomic E-state index is -0.342. The maximum Gasteiger partial charge on any atom is 0.255 e. The highest BCUT2D eigenvalue weighted by molar-refractivity contribution is 6.33. The van der Waals surface area contributed by atoms with E-state index in [-0.39, 0.29) is 16.2 Å². The molecule has 0 radical (unpaired) electrons. The molecule has 0 fully saturated rings. The van der Waals surface area contributed by atoms with E-state index >= 15 is 0 Å². The van der Waals surface area contributed by atoms with Crippen LogP contribution < -0.4 is 5.32 Å². The molecule has 0 bridgehead atoms. The lowest BCUT2D eigenvalue weighted by Crippen LogP contribution is -2.12. The van der Waals surface area contributed by atoms with Crippen LogP contribution in [-0.4, -0.2) is 26.1 Å². The standard InChI is InChI=1S/C23H15Cl2N5O2/c1-12-2-7-17-18(8-12)32-23(28-17)16-11-26-30-21(16)13-3-5-15(6-4-13)27-22(31)14-9-19(24)29-20(25)10-14/h2-11H,1H3,(H,26,30)(H,27,31). The smallest absolute Gasteiger partial charge is 0.255 e. The molecule has 32 heavy (non-hydrogen) atoms. The van der Waals surface area contributed by atoms with Gasteiger partial charge in [0.2, 0.25) is 5.89 Å². The monoisotopic (exact) mass is 463 g/mol. The molecule has 3 heterocycles. The molecule has 0 saturated heterocycles. The molecule has 5 aromatic rings. The molecule has 7 nitrogen and oxygen atoms in total. The van der Waals surface area contributed by atoms with Gasteiger partial charge in [-0.2, -0.15) is 5.10 Å². The number of hydrogen-bond donors (Lipinski definition) is 2. The minimum Gasteiger partial charge on any atom is -0.436 e. The van der Waals surface area contributed by atoms with Gasteiger partial charge in [0.1, 0.15) is 21.5 Å². The predicted molar refractivity (Wildman–Crippen MR) is 124 cm³/mol. The van der Waals surface area contributed by atoms with Gasteiger partial charge in [-0.15, -0.1) is 0 Å². The van der Waals surface area contributed by atoms with Crippen molar-refractivity contribution in [2.24, 2.45) is 0 Å². The highest BCUT2D eigenvalue weighted by Gasteiger charge is 2.17.